The fraction of sp³-hybridized carbons (Fsp3) is 0.357. The molecule has 5 heteroatoms. The molecule has 1 aromatic heterocycles. The molecule has 0 aliphatic carbocycles. The van der Waals surface area contributed by atoms with Gasteiger partial charge >= 0.3 is 0 Å². The molecule has 1 heterocycles. The van der Waals surface area contributed by atoms with Gasteiger partial charge in [0.25, 0.3) is 0 Å². The summed E-state index contributed by atoms with van der Waals surface area (Å²) in [5, 5.41) is 4.59. The zero-order chi connectivity index (χ0) is 14.2. The highest BCUT2D eigenvalue weighted by Gasteiger charge is 2.27. The van der Waals surface area contributed by atoms with E-state index in [1.54, 1.807) is 10.7 Å². The molecule has 0 unspecified atom stereocenters. The van der Waals surface area contributed by atoms with Crippen molar-refractivity contribution in [3.05, 3.63) is 45.9 Å². The maximum Gasteiger partial charge on any atom is 0.125 e. The van der Waals surface area contributed by atoms with Crippen molar-refractivity contribution in [2.24, 2.45) is 5.73 Å². The van der Waals surface area contributed by atoms with Crippen molar-refractivity contribution in [1.29, 1.82) is 0 Å². The summed E-state index contributed by atoms with van der Waals surface area (Å²) in [6.45, 7) is 6.51. The number of hydrogen-bond donors (Lipinski definition) is 1. The molecule has 3 nitrogen and oxygen atoms in total. The van der Waals surface area contributed by atoms with E-state index < -0.39 is 0 Å². The van der Waals surface area contributed by atoms with E-state index >= 15 is 0 Å². The summed E-state index contributed by atoms with van der Waals surface area (Å²) >= 11 is 3.56. The summed E-state index contributed by atoms with van der Waals surface area (Å²) in [7, 11) is 0. The second-order valence-corrected chi connectivity index (χ2v) is 6.02. The molecule has 0 spiro atoms. The van der Waals surface area contributed by atoms with Crippen LogP contribution in [0, 0.1) is 12.7 Å². The van der Waals surface area contributed by atoms with Crippen molar-refractivity contribution >= 4 is 15.9 Å². The molecule has 19 heavy (non-hydrogen) atoms. The lowest BCUT2D eigenvalue weighted by Gasteiger charge is -2.20. The Bertz CT molecular complexity index is 605. The lowest BCUT2D eigenvalue weighted by atomic mass is 9.89. The largest absolute Gasteiger partial charge is 0.330 e. The van der Waals surface area contributed by atoms with Crippen LogP contribution in [-0.4, -0.2) is 16.3 Å². The van der Waals surface area contributed by atoms with Crippen molar-refractivity contribution in [2.75, 3.05) is 6.54 Å². The summed E-state index contributed by atoms with van der Waals surface area (Å²) in [4.78, 5) is 0. The van der Waals surface area contributed by atoms with Crippen molar-refractivity contribution in [1.82, 2.24) is 9.78 Å². The predicted octanol–water partition coefficient (Wildman–Crippen LogP) is 3.32. The average molecular weight is 326 g/mol. The summed E-state index contributed by atoms with van der Waals surface area (Å²) in [6.07, 6.45) is 0. The van der Waals surface area contributed by atoms with Gasteiger partial charge in [-0.25, -0.2) is 9.07 Å². The second kappa shape index (κ2) is 5.06. The number of nitrogens with zero attached hydrogens (tertiary/aromatic N) is 2. The maximum atomic E-state index is 13.3. The SMILES string of the molecule is Cc1c(Br)c(C(C)(C)CN)nn1-c1cccc(F)c1. The van der Waals surface area contributed by atoms with Crippen LogP contribution in [0.15, 0.2) is 28.7 Å². The van der Waals surface area contributed by atoms with Crippen LogP contribution in [0.3, 0.4) is 0 Å². The third kappa shape index (κ3) is 2.58. The molecule has 2 N–H and O–H groups in total. The molecule has 0 saturated carbocycles. The fourth-order valence-corrected chi connectivity index (χ4v) is 2.66. The Balaban J connectivity index is 2.58. The second-order valence-electron chi connectivity index (χ2n) is 5.23. The Morgan fingerprint density at radius 1 is 1.42 bits per heavy atom. The predicted molar refractivity (Wildman–Crippen MR) is 78.0 cm³/mol. The molecule has 0 radical (unpaired) electrons. The van der Waals surface area contributed by atoms with Crippen LogP contribution in [-0.2, 0) is 5.41 Å². The van der Waals surface area contributed by atoms with Crippen LogP contribution < -0.4 is 5.73 Å². The smallest absolute Gasteiger partial charge is 0.125 e. The molecule has 0 saturated heterocycles. The van der Waals surface area contributed by atoms with E-state index in [4.69, 9.17) is 5.73 Å². The molecule has 0 aliphatic rings. The summed E-state index contributed by atoms with van der Waals surface area (Å²) in [5.74, 6) is -0.275. The molecule has 102 valence electrons. The molecular formula is C14H17BrFN3. The summed E-state index contributed by atoms with van der Waals surface area (Å²) in [6, 6.07) is 6.38. The fourth-order valence-electron chi connectivity index (χ4n) is 1.87. The Kier molecular flexibility index (Phi) is 3.78. The van der Waals surface area contributed by atoms with E-state index in [1.807, 2.05) is 26.8 Å². The first-order chi connectivity index (χ1) is 8.86. The Labute approximate surface area is 120 Å². The Morgan fingerprint density at radius 2 is 2.11 bits per heavy atom. The number of halogens is 2. The van der Waals surface area contributed by atoms with Gasteiger partial charge in [0.2, 0.25) is 0 Å². The summed E-state index contributed by atoms with van der Waals surface area (Å²) < 4.78 is 16.0. The number of aromatic nitrogens is 2. The van der Waals surface area contributed by atoms with Crippen molar-refractivity contribution in [2.45, 2.75) is 26.2 Å². The van der Waals surface area contributed by atoms with Crippen LogP contribution in [0.1, 0.15) is 25.2 Å². The average Bonchev–Trinajstić information content (AvgIpc) is 2.67. The van der Waals surface area contributed by atoms with Gasteiger partial charge in [-0.05, 0) is 41.1 Å². The highest BCUT2D eigenvalue weighted by Crippen LogP contribution is 2.32. The van der Waals surface area contributed by atoms with Gasteiger partial charge in [0.15, 0.2) is 0 Å². The normalized spacial score (nSPS) is 11.9. The number of rotatable bonds is 3. The molecule has 2 rings (SSSR count). The molecular weight excluding hydrogens is 309 g/mol. The molecule has 2 aromatic rings. The third-order valence-electron chi connectivity index (χ3n) is 3.25. The maximum absolute atomic E-state index is 13.3. The van der Waals surface area contributed by atoms with Gasteiger partial charge < -0.3 is 5.73 Å². The molecule has 0 atom stereocenters. The monoisotopic (exact) mass is 325 g/mol. The van der Waals surface area contributed by atoms with Gasteiger partial charge in [-0.3, -0.25) is 0 Å². The number of nitrogens with two attached hydrogens (primary N) is 1. The van der Waals surface area contributed by atoms with Crippen molar-refractivity contribution in [3.8, 4) is 5.69 Å². The lowest BCUT2D eigenvalue weighted by Crippen LogP contribution is -2.29. The first kappa shape index (κ1) is 14.2. The number of hydrogen-bond acceptors (Lipinski definition) is 2. The Morgan fingerprint density at radius 3 is 2.68 bits per heavy atom. The highest BCUT2D eigenvalue weighted by molar-refractivity contribution is 9.10. The van der Waals surface area contributed by atoms with E-state index in [2.05, 4.69) is 21.0 Å². The van der Waals surface area contributed by atoms with Crippen LogP contribution in [0.2, 0.25) is 0 Å². The first-order valence-corrected chi connectivity index (χ1v) is 6.87. The number of benzene rings is 1. The molecule has 0 aliphatic heterocycles. The van der Waals surface area contributed by atoms with Gasteiger partial charge in [0.05, 0.1) is 21.5 Å². The third-order valence-corrected chi connectivity index (χ3v) is 4.20. The van der Waals surface area contributed by atoms with E-state index in [-0.39, 0.29) is 11.2 Å². The van der Waals surface area contributed by atoms with Crippen molar-refractivity contribution < 1.29 is 4.39 Å². The standard InChI is InChI=1S/C14H17BrFN3/c1-9-12(15)13(14(2,3)8-17)18-19(9)11-6-4-5-10(16)7-11/h4-7H,8,17H2,1-3H3. The topological polar surface area (TPSA) is 43.8 Å². The molecule has 0 amide bonds. The zero-order valence-electron chi connectivity index (χ0n) is 11.2. The molecule has 0 fully saturated rings. The summed E-state index contributed by atoms with van der Waals surface area (Å²) in [5.41, 5.74) is 8.09. The van der Waals surface area contributed by atoms with Crippen LogP contribution >= 0.6 is 15.9 Å². The van der Waals surface area contributed by atoms with Crippen LogP contribution in [0.5, 0.6) is 0 Å². The minimum atomic E-state index is -0.275. The lowest BCUT2D eigenvalue weighted by molar-refractivity contribution is 0.513. The van der Waals surface area contributed by atoms with Crippen LogP contribution in [0.25, 0.3) is 5.69 Å². The van der Waals surface area contributed by atoms with Crippen LogP contribution in [0.4, 0.5) is 4.39 Å². The van der Waals surface area contributed by atoms with Gasteiger partial charge in [-0.2, -0.15) is 5.10 Å². The molecule has 1 aromatic carbocycles. The quantitative estimate of drug-likeness (QED) is 0.940. The minimum absolute atomic E-state index is 0.234. The van der Waals surface area contributed by atoms with Crippen molar-refractivity contribution in [3.63, 3.8) is 0 Å². The van der Waals surface area contributed by atoms with E-state index in [0.717, 1.165) is 15.9 Å². The van der Waals surface area contributed by atoms with Gasteiger partial charge in [-0.15, -0.1) is 0 Å². The Hall–Kier alpha value is -1.20. The minimum Gasteiger partial charge on any atom is -0.330 e. The molecule has 0 bridgehead atoms. The highest BCUT2D eigenvalue weighted by atomic mass is 79.9. The van der Waals surface area contributed by atoms with E-state index in [0.29, 0.717) is 12.2 Å². The van der Waals surface area contributed by atoms with E-state index in [9.17, 15) is 4.39 Å². The van der Waals surface area contributed by atoms with Gasteiger partial charge in [0, 0.05) is 12.0 Å². The van der Waals surface area contributed by atoms with Gasteiger partial charge in [-0.1, -0.05) is 19.9 Å². The van der Waals surface area contributed by atoms with E-state index in [1.165, 1.54) is 12.1 Å². The first-order valence-electron chi connectivity index (χ1n) is 6.08. The van der Waals surface area contributed by atoms with Gasteiger partial charge in [0.1, 0.15) is 5.82 Å². The zero-order valence-corrected chi connectivity index (χ0v) is 12.8.